The number of methoxy groups -OCH3 is 1. The van der Waals surface area contributed by atoms with Gasteiger partial charge in [0.15, 0.2) is 0 Å². The largest absolute Gasteiger partial charge is 0.465 e. The van der Waals surface area contributed by atoms with E-state index in [1.54, 1.807) is 6.92 Å². The van der Waals surface area contributed by atoms with Crippen LogP contribution in [0.1, 0.15) is 57.2 Å². The molecule has 0 aliphatic carbocycles. The highest BCUT2D eigenvalue weighted by Gasteiger charge is 2.24. The molecule has 8 nitrogen and oxygen atoms in total. The van der Waals surface area contributed by atoms with E-state index in [0.717, 1.165) is 30.6 Å². The average molecular weight is 455 g/mol. The lowest BCUT2D eigenvalue weighted by Gasteiger charge is -2.32. The molecule has 0 unspecified atom stereocenters. The zero-order valence-electron chi connectivity index (χ0n) is 18.6. The number of esters is 1. The van der Waals surface area contributed by atoms with Crippen molar-refractivity contribution in [2.75, 3.05) is 18.6 Å². The summed E-state index contributed by atoms with van der Waals surface area (Å²) in [5.74, 6) is -0.0234. The van der Waals surface area contributed by atoms with Gasteiger partial charge in [-0.3, -0.25) is 9.59 Å². The number of aromatic amines is 1. The second-order valence-corrected chi connectivity index (χ2v) is 9.20. The first-order valence-corrected chi connectivity index (χ1v) is 11.4. The number of benzene rings is 1. The molecule has 0 atom stereocenters. The van der Waals surface area contributed by atoms with E-state index in [1.807, 2.05) is 32.0 Å². The number of carbonyl (C=O) groups is 2. The van der Waals surface area contributed by atoms with Crippen molar-refractivity contribution in [3.05, 3.63) is 55.9 Å². The molecule has 3 heterocycles. The van der Waals surface area contributed by atoms with E-state index in [2.05, 4.69) is 20.2 Å². The molecule has 9 heteroatoms. The Labute approximate surface area is 189 Å². The Morgan fingerprint density at radius 1 is 1.34 bits per heavy atom. The zero-order valence-corrected chi connectivity index (χ0v) is 19.4. The predicted molar refractivity (Wildman–Crippen MR) is 125 cm³/mol. The molecular formula is C23H26N4O4S. The van der Waals surface area contributed by atoms with Crippen LogP contribution >= 0.6 is 11.3 Å². The Bertz CT molecular complexity index is 1260. The fourth-order valence-corrected chi connectivity index (χ4v) is 5.27. The van der Waals surface area contributed by atoms with Gasteiger partial charge in [0.2, 0.25) is 0 Å². The highest BCUT2D eigenvalue weighted by molar-refractivity contribution is 7.20. The lowest BCUT2D eigenvalue weighted by Crippen LogP contribution is -2.34. The smallest absolute Gasteiger partial charge is 0.348 e. The summed E-state index contributed by atoms with van der Waals surface area (Å²) >= 11 is 1.17. The van der Waals surface area contributed by atoms with Gasteiger partial charge >= 0.3 is 5.97 Å². The lowest BCUT2D eigenvalue weighted by molar-refractivity contribution is 0.0605. The molecule has 1 aliphatic rings. The number of amides is 1. The molecular weight excluding hydrogens is 428 g/mol. The third-order valence-electron chi connectivity index (χ3n) is 5.57. The maximum atomic E-state index is 12.8. The SMILES string of the molecule is COC(=O)c1sc2nc(CN3CCCc4c(C(=O)NC(C)C)cccc43)[nH]c(=O)c2c1C. The number of anilines is 1. The number of fused-ring (bicyclic) bond motifs is 2. The summed E-state index contributed by atoms with van der Waals surface area (Å²) in [5, 5.41) is 3.39. The molecule has 0 radical (unpaired) electrons. The summed E-state index contributed by atoms with van der Waals surface area (Å²) in [4.78, 5) is 48.0. The topological polar surface area (TPSA) is 104 Å². The summed E-state index contributed by atoms with van der Waals surface area (Å²) in [5.41, 5.74) is 3.00. The van der Waals surface area contributed by atoms with Crippen LogP contribution in [0.25, 0.3) is 10.2 Å². The number of nitrogens with zero attached hydrogens (tertiary/aromatic N) is 2. The van der Waals surface area contributed by atoms with Crippen molar-refractivity contribution in [1.29, 1.82) is 0 Å². The van der Waals surface area contributed by atoms with E-state index in [-0.39, 0.29) is 17.5 Å². The van der Waals surface area contributed by atoms with Crippen molar-refractivity contribution in [3.63, 3.8) is 0 Å². The first-order valence-electron chi connectivity index (χ1n) is 10.6. The molecule has 1 aliphatic heterocycles. The van der Waals surface area contributed by atoms with Gasteiger partial charge < -0.3 is 19.9 Å². The monoisotopic (exact) mass is 454 g/mol. The van der Waals surface area contributed by atoms with E-state index in [0.29, 0.717) is 38.6 Å². The number of hydrogen-bond donors (Lipinski definition) is 2. The first kappa shape index (κ1) is 22.0. The average Bonchev–Trinajstić information content (AvgIpc) is 3.09. The highest BCUT2D eigenvalue weighted by atomic mass is 32.1. The second-order valence-electron chi connectivity index (χ2n) is 8.20. The molecule has 2 N–H and O–H groups in total. The number of H-pyrrole nitrogens is 1. The van der Waals surface area contributed by atoms with Crippen LogP contribution in [0, 0.1) is 6.92 Å². The van der Waals surface area contributed by atoms with Gasteiger partial charge in [0.05, 0.1) is 19.0 Å². The Morgan fingerprint density at radius 3 is 2.84 bits per heavy atom. The normalized spacial score (nSPS) is 13.3. The van der Waals surface area contributed by atoms with Crippen LogP contribution in [-0.2, 0) is 17.7 Å². The van der Waals surface area contributed by atoms with Crippen molar-refractivity contribution in [3.8, 4) is 0 Å². The van der Waals surface area contributed by atoms with Crippen molar-refractivity contribution < 1.29 is 14.3 Å². The third kappa shape index (κ3) is 4.00. The van der Waals surface area contributed by atoms with Gasteiger partial charge in [-0.1, -0.05) is 6.07 Å². The molecule has 0 spiro atoms. The fraction of sp³-hybridized carbons (Fsp3) is 0.391. The Kier molecular flexibility index (Phi) is 6.01. The molecule has 3 aromatic rings. The van der Waals surface area contributed by atoms with Crippen LogP contribution in [0.15, 0.2) is 23.0 Å². The van der Waals surface area contributed by atoms with E-state index in [1.165, 1.54) is 18.4 Å². The minimum absolute atomic E-state index is 0.0585. The summed E-state index contributed by atoms with van der Waals surface area (Å²) in [7, 11) is 1.32. The van der Waals surface area contributed by atoms with Gasteiger partial charge in [0, 0.05) is 23.8 Å². The predicted octanol–water partition coefficient (Wildman–Crippen LogP) is 3.17. The second kappa shape index (κ2) is 8.74. The number of aryl methyl sites for hydroxylation is 1. The zero-order chi connectivity index (χ0) is 23.0. The van der Waals surface area contributed by atoms with E-state index in [4.69, 9.17) is 4.74 Å². The van der Waals surface area contributed by atoms with Crippen molar-refractivity contribution in [2.24, 2.45) is 0 Å². The van der Waals surface area contributed by atoms with Gasteiger partial charge in [-0.2, -0.15) is 0 Å². The highest BCUT2D eigenvalue weighted by Crippen LogP contribution is 2.32. The molecule has 168 valence electrons. The lowest BCUT2D eigenvalue weighted by atomic mass is 9.95. The first-order chi connectivity index (χ1) is 15.3. The number of carbonyl (C=O) groups excluding carboxylic acids is 2. The van der Waals surface area contributed by atoms with E-state index < -0.39 is 5.97 Å². The Balaban J connectivity index is 1.68. The quantitative estimate of drug-likeness (QED) is 0.574. The van der Waals surface area contributed by atoms with E-state index in [9.17, 15) is 14.4 Å². The molecule has 4 rings (SSSR count). The molecule has 1 amide bonds. The van der Waals surface area contributed by atoms with Crippen LogP contribution in [0.3, 0.4) is 0 Å². The summed E-state index contributed by atoms with van der Waals surface area (Å²) in [6, 6.07) is 5.80. The number of thiophene rings is 1. The molecule has 0 saturated heterocycles. The minimum Gasteiger partial charge on any atom is -0.465 e. The molecule has 0 saturated carbocycles. The number of rotatable bonds is 5. The van der Waals surface area contributed by atoms with Crippen LogP contribution in [0.5, 0.6) is 0 Å². The Hall–Kier alpha value is -3.20. The van der Waals surface area contributed by atoms with Crippen LogP contribution in [-0.4, -0.2) is 41.5 Å². The van der Waals surface area contributed by atoms with Crippen molar-refractivity contribution >= 4 is 39.1 Å². The third-order valence-corrected chi connectivity index (χ3v) is 6.74. The van der Waals surface area contributed by atoms with Crippen molar-refractivity contribution in [1.82, 2.24) is 15.3 Å². The van der Waals surface area contributed by atoms with Gasteiger partial charge in [-0.05, 0) is 56.9 Å². The maximum Gasteiger partial charge on any atom is 0.348 e. The number of ether oxygens (including phenoxy) is 1. The van der Waals surface area contributed by atoms with Crippen LogP contribution < -0.4 is 15.8 Å². The molecule has 32 heavy (non-hydrogen) atoms. The minimum atomic E-state index is -0.469. The molecule has 2 aromatic heterocycles. The number of aromatic nitrogens is 2. The molecule has 1 aromatic carbocycles. The summed E-state index contributed by atoms with van der Waals surface area (Å²) in [6.07, 6.45) is 1.72. The van der Waals surface area contributed by atoms with Crippen LogP contribution in [0.4, 0.5) is 5.69 Å². The van der Waals surface area contributed by atoms with Crippen molar-refractivity contribution in [2.45, 2.75) is 46.2 Å². The fourth-order valence-electron chi connectivity index (χ4n) is 4.15. The molecule has 0 bridgehead atoms. The summed E-state index contributed by atoms with van der Waals surface area (Å²) in [6.45, 7) is 6.80. The van der Waals surface area contributed by atoms with Gasteiger partial charge in [-0.15, -0.1) is 11.3 Å². The number of hydrogen-bond acceptors (Lipinski definition) is 7. The van der Waals surface area contributed by atoms with E-state index >= 15 is 0 Å². The summed E-state index contributed by atoms with van der Waals surface area (Å²) < 4.78 is 4.82. The number of nitrogens with one attached hydrogen (secondary N) is 2. The van der Waals surface area contributed by atoms with Gasteiger partial charge in [-0.25, -0.2) is 9.78 Å². The van der Waals surface area contributed by atoms with Gasteiger partial charge in [0.25, 0.3) is 11.5 Å². The van der Waals surface area contributed by atoms with Gasteiger partial charge in [0.1, 0.15) is 15.5 Å². The maximum absolute atomic E-state index is 12.8. The standard InChI is InChI=1S/C23H26N4O4S/c1-12(2)24-20(28)15-7-5-9-16-14(15)8-6-10-27(16)11-17-25-21(29)18-13(3)19(23(30)31-4)32-22(18)26-17/h5,7,9,12H,6,8,10-11H2,1-4H3,(H,24,28)(H,25,26,29). The van der Waals surface area contributed by atoms with Crippen LogP contribution in [0.2, 0.25) is 0 Å². The Morgan fingerprint density at radius 2 is 2.12 bits per heavy atom. The molecule has 0 fully saturated rings.